The molecular weight excluding hydrogens is 312 g/mol. The average molecular weight is 342 g/mol. The van der Waals surface area contributed by atoms with Crippen LogP contribution in [-0.2, 0) is 6.54 Å². The molecule has 0 radical (unpaired) electrons. The summed E-state index contributed by atoms with van der Waals surface area (Å²) in [5.74, 6) is 0.628. The monoisotopic (exact) mass is 342 g/mol. The Balaban J connectivity index is 1.32. The van der Waals surface area contributed by atoms with Crippen LogP contribution in [-0.4, -0.2) is 53.6 Å². The van der Waals surface area contributed by atoms with Crippen molar-refractivity contribution in [3.05, 3.63) is 35.9 Å². The molecule has 2 saturated heterocycles. The number of rotatable bonds is 3. The minimum Gasteiger partial charge on any atom is -0.335 e. The highest BCUT2D eigenvalue weighted by molar-refractivity contribution is 5.75. The van der Waals surface area contributed by atoms with Crippen LogP contribution in [0.3, 0.4) is 0 Å². The molecule has 2 unspecified atom stereocenters. The van der Waals surface area contributed by atoms with Crippen molar-refractivity contribution >= 4 is 6.03 Å². The lowest BCUT2D eigenvalue weighted by Crippen LogP contribution is -2.48. The summed E-state index contributed by atoms with van der Waals surface area (Å²) in [7, 11) is 0. The predicted molar refractivity (Wildman–Crippen MR) is 99.1 cm³/mol. The molecule has 0 aromatic heterocycles. The molecule has 1 saturated carbocycles. The molecule has 5 nitrogen and oxygen atoms in total. The topological polar surface area (TPSA) is 61.6 Å². The van der Waals surface area contributed by atoms with E-state index < -0.39 is 0 Å². The van der Waals surface area contributed by atoms with E-state index in [1.807, 2.05) is 4.90 Å². The first-order valence-electron chi connectivity index (χ1n) is 9.78. The van der Waals surface area contributed by atoms with E-state index in [4.69, 9.17) is 5.73 Å². The molecule has 2 aliphatic heterocycles. The molecule has 4 atom stereocenters. The summed E-state index contributed by atoms with van der Waals surface area (Å²) in [6.45, 7) is 3.91. The summed E-state index contributed by atoms with van der Waals surface area (Å²) in [4.78, 5) is 17.3. The number of likely N-dealkylation sites (tertiary alicyclic amines) is 2. The van der Waals surface area contributed by atoms with Crippen molar-refractivity contribution in [3.8, 4) is 0 Å². The van der Waals surface area contributed by atoms with Crippen molar-refractivity contribution in [2.24, 2.45) is 11.7 Å². The molecule has 1 aromatic rings. The zero-order valence-corrected chi connectivity index (χ0v) is 14.9. The van der Waals surface area contributed by atoms with Gasteiger partial charge in [-0.3, -0.25) is 4.90 Å². The lowest BCUT2D eigenvalue weighted by Gasteiger charge is -2.30. The summed E-state index contributed by atoms with van der Waals surface area (Å²) >= 11 is 0. The Morgan fingerprint density at radius 2 is 2.00 bits per heavy atom. The fourth-order valence-corrected chi connectivity index (χ4v) is 4.85. The number of hydrogen-bond acceptors (Lipinski definition) is 3. The molecule has 136 valence electrons. The van der Waals surface area contributed by atoms with Crippen LogP contribution in [0.5, 0.6) is 0 Å². The molecule has 3 aliphatic rings. The molecule has 2 heterocycles. The lowest BCUT2D eigenvalue weighted by molar-refractivity contribution is 0.186. The number of nitrogens with zero attached hydrogens (tertiary/aromatic N) is 2. The van der Waals surface area contributed by atoms with Crippen molar-refractivity contribution < 1.29 is 4.79 Å². The Morgan fingerprint density at radius 1 is 1.16 bits per heavy atom. The second kappa shape index (κ2) is 7.34. The van der Waals surface area contributed by atoms with Gasteiger partial charge in [0.05, 0.1) is 0 Å². The summed E-state index contributed by atoms with van der Waals surface area (Å²) in [6, 6.07) is 11.8. The van der Waals surface area contributed by atoms with Crippen molar-refractivity contribution in [2.75, 3.05) is 19.6 Å². The van der Waals surface area contributed by atoms with Crippen LogP contribution in [0.4, 0.5) is 4.79 Å². The highest BCUT2D eigenvalue weighted by Gasteiger charge is 2.42. The number of carbonyl (C=O) groups excluding carboxylic acids is 1. The summed E-state index contributed by atoms with van der Waals surface area (Å²) < 4.78 is 0. The highest BCUT2D eigenvalue weighted by Crippen LogP contribution is 2.32. The van der Waals surface area contributed by atoms with E-state index in [0.717, 1.165) is 51.9 Å². The Bertz CT molecular complexity index is 593. The van der Waals surface area contributed by atoms with E-state index in [1.165, 1.54) is 12.0 Å². The van der Waals surface area contributed by atoms with E-state index >= 15 is 0 Å². The van der Waals surface area contributed by atoms with Crippen LogP contribution in [0.1, 0.15) is 37.7 Å². The first kappa shape index (κ1) is 16.9. The van der Waals surface area contributed by atoms with Crippen molar-refractivity contribution in [2.45, 2.75) is 56.8 Å². The van der Waals surface area contributed by atoms with Crippen LogP contribution in [0.2, 0.25) is 0 Å². The van der Waals surface area contributed by atoms with Crippen LogP contribution in [0.15, 0.2) is 30.3 Å². The van der Waals surface area contributed by atoms with E-state index in [-0.39, 0.29) is 18.1 Å². The first-order chi connectivity index (χ1) is 12.2. The van der Waals surface area contributed by atoms with Crippen LogP contribution in [0, 0.1) is 5.92 Å². The zero-order chi connectivity index (χ0) is 17.2. The van der Waals surface area contributed by atoms with Gasteiger partial charge in [-0.1, -0.05) is 30.3 Å². The number of nitrogens with one attached hydrogen (secondary N) is 1. The third-order valence-electron chi connectivity index (χ3n) is 6.22. The standard InChI is InChI=1S/C20H30N4O/c21-17-7-4-8-18(11-17)22-20(25)24-13-16-9-10-23(19(16)14-24)12-15-5-2-1-3-6-15/h1-3,5-6,16-19H,4,7-14,21H2,(H,22,25)/t16-,17?,18?,19+/m0/s1. The molecule has 3 N–H and O–H groups in total. The maximum absolute atomic E-state index is 12.7. The fourth-order valence-electron chi connectivity index (χ4n) is 4.85. The fraction of sp³-hybridized carbons (Fsp3) is 0.650. The van der Waals surface area contributed by atoms with Gasteiger partial charge in [-0.25, -0.2) is 4.79 Å². The zero-order valence-electron chi connectivity index (χ0n) is 14.9. The van der Waals surface area contributed by atoms with Gasteiger partial charge in [0, 0.05) is 37.8 Å². The number of fused-ring (bicyclic) bond motifs is 1. The second-order valence-corrected chi connectivity index (χ2v) is 8.05. The number of benzene rings is 1. The smallest absolute Gasteiger partial charge is 0.317 e. The van der Waals surface area contributed by atoms with Gasteiger partial charge in [0.1, 0.15) is 0 Å². The van der Waals surface area contributed by atoms with Crippen molar-refractivity contribution in [3.63, 3.8) is 0 Å². The normalized spacial score (nSPS) is 32.6. The Morgan fingerprint density at radius 3 is 2.80 bits per heavy atom. The maximum atomic E-state index is 12.7. The average Bonchev–Trinajstić information content (AvgIpc) is 3.18. The van der Waals surface area contributed by atoms with Gasteiger partial charge in [-0.05, 0) is 50.1 Å². The predicted octanol–water partition coefficient (Wildman–Crippen LogP) is 2.17. The lowest BCUT2D eigenvalue weighted by atomic mass is 9.92. The van der Waals surface area contributed by atoms with Crippen molar-refractivity contribution in [1.29, 1.82) is 0 Å². The van der Waals surface area contributed by atoms with Gasteiger partial charge in [0.2, 0.25) is 0 Å². The summed E-state index contributed by atoms with van der Waals surface area (Å²) in [5, 5.41) is 3.23. The Labute approximate surface area is 150 Å². The van der Waals surface area contributed by atoms with Gasteiger partial charge >= 0.3 is 6.03 Å². The molecule has 5 heteroatoms. The van der Waals surface area contributed by atoms with Gasteiger partial charge in [-0.15, -0.1) is 0 Å². The SMILES string of the molecule is NC1CCCC(NC(=O)N2C[C@@H]3CCN(Cc4ccccc4)[C@@H]3C2)C1. The van der Waals surface area contributed by atoms with Crippen LogP contribution >= 0.6 is 0 Å². The molecule has 3 fully saturated rings. The number of hydrogen-bond donors (Lipinski definition) is 2. The molecular formula is C20H30N4O. The first-order valence-corrected chi connectivity index (χ1v) is 9.78. The van der Waals surface area contributed by atoms with Gasteiger partial charge < -0.3 is 16.0 Å². The minimum atomic E-state index is 0.119. The van der Waals surface area contributed by atoms with E-state index in [2.05, 4.69) is 40.5 Å². The Hall–Kier alpha value is -1.59. The third kappa shape index (κ3) is 3.82. The van der Waals surface area contributed by atoms with Gasteiger partial charge in [-0.2, -0.15) is 0 Å². The number of urea groups is 1. The second-order valence-electron chi connectivity index (χ2n) is 8.05. The maximum Gasteiger partial charge on any atom is 0.317 e. The highest BCUT2D eigenvalue weighted by atomic mass is 16.2. The largest absolute Gasteiger partial charge is 0.335 e. The van der Waals surface area contributed by atoms with E-state index in [1.54, 1.807) is 0 Å². The quantitative estimate of drug-likeness (QED) is 0.885. The van der Waals surface area contributed by atoms with Crippen molar-refractivity contribution in [1.82, 2.24) is 15.1 Å². The molecule has 1 aliphatic carbocycles. The minimum absolute atomic E-state index is 0.119. The van der Waals surface area contributed by atoms with Crippen LogP contribution in [0.25, 0.3) is 0 Å². The molecule has 4 rings (SSSR count). The number of carbonyl (C=O) groups is 1. The molecule has 0 spiro atoms. The van der Waals surface area contributed by atoms with Crippen LogP contribution < -0.4 is 11.1 Å². The summed E-state index contributed by atoms with van der Waals surface area (Å²) in [5.41, 5.74) is 7.41. The molecule has 0 bridgehead atoms. The number of amides is 2. The van der Waals surface area contributed by atoms with Gasteiger partial charge in [0.25, 0.3) is 0 Å². The van der Waals surface area contributed by atoms with E-state index in [0.29, 0.717) is 12.0 Å². The molecule has 25 heavy (non-hydrogen) atoms. The number of nitrogens with two attached hydrogens (primary N) is 1. The molecule has 1 aromatic carbocycles. The third-order valence-corrected chi connectivity index (χ3v) is 6.22. The van der Waals surface area contributed by atoms with E-state index in [9.17, 15) is 4.79 Å². The van der Waals surface area contributed by atoms with Gasteiger partial charge in [0.15, 0.2) is 0 Å². The Kier molecular flexibility index (Phi) is 4.95. The molecule has 2 amide bonds. The summed E-state index contributed by atoms with van der Waals surface area (Å²) in [6.07, 6.45) is 5.42.